The molecule has 0 saturated carbocycles. The Morgan fingerprint density at radius 2 is 1.75 bits per heavy atom. The molecule has 0 saturated heterocycles. The van der Waals surface area contributed by atoms with Crippen LogP contribution in [0.2, 0.25) is 0 Å². The lowest BCUT2D eigenvalue weighted by Crippen LogP contribution is -2.07. The third-order valence-corrected chi connectivity index (χ3v) is 4.97. The number of aromatic amines is 1. The largest absolute Gasteiger partial charge is 0.462 e. The number of carbonyl (C=O) groups is 1. The van der Waals surface area contributed by atoms with Gasteiger partial charge in [0, 0.05) is 16.8 Å². The SMILES string of the molecule is CCOC(=O)c1c[nH]c(-c2ccc(C(F)(F)F)c(-c3ccc(SC)cc3)c2)c1. The van der Waals surface area contributed by atoms with Gasteiger partial charge in [0.1, 0.15) is 0 Å². The van der Waals surface area contributed by atoms with E-state index in [-0.39, 0.29) is 12.2 Å². The van der Waals surface area contributed by atoms with Gasteiger partial charge in [0.2, 0.25) is 0 Å². The quantitative estimate of drug-likeness (QED) is 0.402. The van der Waals surface area contributed by atoms with E-state index in [4.69, 9.17) is 4.74 Å². The maximum absolute atomic E-state index is 13.5. The van der Waals surface area contributed by atoms with Crippen molar-refractivity contribution in [1.29, 1.82) is 0 Å². The van der Waals surface area contributed by atoms with Crippen molar-refractivity contribution in [3.05, 3.63) is 65.9 Å². The zero-order chi connectivity index (χ0) is 20.3. The predicted octanol–water partition coefficient (Wildman–Crippen LogP) is 6.27. The number of aromatic nitrogens is 1. The van der Waals surface area contributed by atoms with Gasteiger partial charge in [-0.2, -0.15) is 13.2 Å². The number of benzene rings is 2. The molecule has 3 aromatic rings. The summed E-state index contributed by atoms with van der Waals surface area (Å²) in [7, 11) is 0. The van der Waals surface area contributed by atoms with Crippen molar-refractivity contribution in [3.63, 3.8) is 0 Å². The number of hydrogen-bond donors (Lipinski definition) is 1. The molecule has 0 aliphatic carbocycles. The van der Waals surface area contributed by atoms with E-state index in [0.717, 1.165) is 11.0 Å². The molecule has 0 bridgehead atoms. The molecule has 0 radical (unpaired) electrons. The Bertz CT molecular complexity index is 978. The molecule has 28 heavy (non-hydrogen) atoms. The number of ether oxygens (including phenoxy) is 1. The van der Waals surface area contributed by atoms with Crippen LogP contribution in [-0.2, 0) is 10.9 Å². The molecule has 0 unspecified atom stereocenters. The first-order valence-corrected chi connectivity index (χ1v) is 9.77. The standard InChI is InChI=1S/C21H18F3NO2S/c1-3-27-20(26)15-11-19(25-12-15)14-6-9-18(21(22,23)24)17(10-14)13-4-7-16(28-2)8-5-13/h4-12,25H,3H2,1-2H3. The smallest absolute Gasteiger partial charge is 0.417 e. The summed E-state index contributed by atoms with van der Waals surface area (Å²) in [5, 5.41) is 0. The monoisotopic (exact) mass is 405 g/mol. The summed E-state index contributed by atoms with van der Waals surface area (Å²) in [6.45, 7) is 1.95. The highest BCUT2D eigenvalue weighted by atomic mass is 32.2. The summed E-state index contributed by atoms with van der Waals surface area (Å²) in [5.74, 6) is -0.482. The Balaban J connectivity index is 2.06. The average molecular weight is 405 g/mol. The minimum atomic E-state index is -4.47. The summed E-state index contributed by atoms with van der Waals surface area (Å²) in [5.41, 5.74) is 1.27. The van der Waals surface area contributed by atoms with Crippen molar-refractivity contribution in [2.75, 3.05) is 12.9 Å². The minimum absolute atomic E-state index is 0.0879. The van der Waals surface area contributed by atoms with Crippen molar-refractivity contribution >= 4 is 17.7 Å². The lowest BCUT2D eigenvalue weighted by atomic mass is 9.96. The van der Waals surface area contributed by atoms with Crippen LogP contribution < -0.4 is 0 Å². The Hall–Kier alpha value is -2.67. The van der Waals surface area contributed by atoms with E-state index in [1.54, 1.807) is 37.3 Å². The molecule has 1 heterocycles. The van der Waals surface area contributed by atoms with Gasteiger partial charge in [-0.15, -0.1) is 11.8 Å². The molecule has 0 aliphatic rings. The first kappa shape index (κ1) is 20.1. The highest BCUT2D eigenvalue weighted by molar-refractivity contribution is 7.98. The Morgan fingerprint density at radius 1 is 1.07 bits per heavy atom. The molecule has 0 fully saturated rings. The van der Waals surface area contributed by atoms with Crippen LogP contribution in [0.1, 0.15) is 22.8 Å². The highest BCUT2D eigenvalue weighted by Crippen LogP contribution is 2.39. The molecule has 2 aromatic carbocycles. The summed E-state index contributed by atoms with van der Waals surface area (Å²) in [6, 6.07) is 12.5. The van der Waals surface area contributed by atoms with Gasteiger partial charge < -0.3 is 9.72 Å². The second-order valence-corrected chi connectivity index (χ2v) is 6.89. The summed E-state index contributed by atoms with van der Waals surface area (Å²) < 4.78 is 45.6. The zero-order valence-electron chi connectivity index (χ0n) is 15.3. The number of halogens is 3. The fourth-order valence-corrected chi connectivity index (χ4v) is 3.27. The lowest BCUT2D eigenvalue weighted by molar-refractivity contribution is -0.137. The summed E-state index contributed by atoms with van der Waals surface area (Å²) >= 11 is 1.52. The summed E-state index contributed by atoms with van der Waals surface area (Å²) in [6.07, 6.45) is -1.08. The molecule has 3 nitrogen and oxygen atoms in total. The molecule has 0 aliphatic heterocycles. The molecule has 3 rings (SSSR count). The average Bonchev–Trinajstić information content (AvgIpc) is 3.17. The predicted molar refractivity (Wildman–Crippen MR) is 104 cm³/mol. The van der Waals surface area contributed by atoms with E-state index in [1.807, 2.05) is 6.26 Å². The molecule has 0 atom stereocenters. The Kier molecular flexibility index (Phi) is 5.84. The first-order valence-electron chi connectivity index (χ1n) is 8.55. The maximum Gasteiger partial charge on any atom is 0.417 e. The van der Waals surface area contributed by atoms with E-state index in [1.165, 1.54) is 30.1 Å². The molecule has 0 spiro atoms. The van der Waals surface area contributed by atoms with E-state index in [2.05, 4.69) is 4.98 Å². The van der Waals surface area contributed by atoms with Crippen LogP contribution in [0.3, 0.4) is 0 Å². The number of alkyl halides is 3. The lowest BCUT2D eigenvalue weighted by Gasteiger charge is -2.15. The van der Waals surface area contributed by atoms with Gasteiger partial charge in [-0.1, -0.05) is 18.2 Å². The van der Waals surface area contributed by atoms with Gasteiger partial charge in [-0.3, -0.25) is 0 Å². The first-order chi connectivity index (χ1) is 13.3. The number of rotatable bonds is 5. The molecule has 1 aromatic heterocycles. The van der Waals surface area contributed by atoms with Crippen molar-refractivity contribution in [2.45, 2.75) is 18.0 Å². The van der Waals surface area contributed by atoms with Crippen LogP contribution in [0.4, 0.5) is 13.2 Å². The van der Waals surface area contributed by atoms with Crippen molar-refractivity contribution in [2.24, 2.45) is 0 Å². The van der Waals surface area contributed by atoms with Crippen LogP contribution in [0.25, 0.3) is 22.4 Å². The topological polar surface area (TPSA) is 42.1 Å². The summed E-state index contributed by atoms with van der Waals surface area (Å²) in [4.78, 5) is 15.7. The van der Waals surface area contributed by atoms with Gasteiger partial charge in [-0.25, -0.2) is 4.79 Å². The van der Waals surface area contributed by atoms with Gasteiger partial charge in [0.25, 0.3) is 0 Å². The normalized spacial score (nSPS) is 11.5. The number of H-pyrrole nitrogens is 1. The van der Waals surface area contributed by atoms with Gasteiger partial charge in [0.15, 0.2) is 0 Å². The van der Waals surface area contributed by atoms with Crippen LogP contribution in [-0.4, -0.2) is 23.8 Å². The van der Waals surface area contributed by atoms with Gasteiger partial charge in [0.05, 0.1) is 17.7 Å². The van der Waals surface area contributed by atoms with Crippen molar-refractivity contribution in [3.8, 4) is 22.4 Å². The van der Waals surface area contributed by atoms with Gasteiger partial charge >= 0.3 is 12.1 Å². The van der Waals surface area contributed by atoms with Crippen molar-refractivity contribution in [1.82, 2.24) is 4.98 Å². The Morgan fingerprint density at radius 3 is 2.36 bits per heavy atom. The second-order valence-electron chi connectivity index (χ2n) is 6.01. The number of thioether (sulfide) groups is 1. The van der Waals surface area contributed by atoms with Crippen molar-refractivity contribution < 1.29 is 22.7 Å². The highest BCUT2D eigenvalue weighted by Gasteiger charge is 2.33. The van der Waals surface area contributed by atoms with E-state index < -0.39 is 17.7 Å². The third kappa shape index (κ3) is 4.25. The molecule has 1 N–H and O–H groups in total. The van der Waals surface area contributed by atoms with Crippen LogP contribution >= 0.6 is 11.8 Å². The fraction of sp³-hybridized carbons (Fsp3) is 0.190. The number of esters is 1. The van der Waals surface area contributed by atoms with E-state index >= 15 is 0 Å². The van der Waals surface area contributed by atoms with Gasteiger partial charge in [-0.05, 0) is 60.2 Å². The Labute approximate surface area is 164 Å². The maximum atomic E-state index is 13.5. The number of hydrogen-bond acceptors (Lipinski definition) is 3. The molecule has 146 valence electrons. The molecule has 7 heteroatoms. The van der Waals surface area contributed by atoms with Crippen LogP contribution in [0, 0.1) is 0 Å². The number of nitrogens with one attached hydrogen (secondary N) is 1. The van der Waals surface area contributed by atoms with Crippen LogP contribution in [0.15, 0.2) is 59.6 Å². The number of carbonyl (C=O) groups excluding carboxylic acids is 1. The van der Waals surface area contributed by atoms with Crippen LogP contribution in [0.5, 0.6) is 0 Å². The zero-order valence-corrected chi connectivity index (χ0v) is 16.1. The van der Waals surface area contributed by atoms with E-state index in [0.29, 0.717) is 22.4 Å². The second kappa shape index (κ2) is 8.14. The third-order valence-electron chi connectivity index (χ3n) is 4.23. The molecule has 0 amide bonds. The fourth-order valence-electron chi connectivity index (χ4n) is 2.86. The molecular weight excluding hydrogens is 387 g/mol. The minimum Gasteiger partial charge on any atom is -0.462 e. The molecular formula is C21H18F3NO2S. The van der Waals surface area contributed by atoms with E-state index in [9.17, 15) is 18.0 Å².